The van der Waals surface area contributed by atoms with Gasteiger partial charge in [-0.2, -0.15) is 0 Å². The molecule has 1 aliphatic rings. The van der Waals surface area contributed by atoms with Crippen LogP contribution in [0.2, 0.25) is 0 Å². The van der Waals surface area contributed by atoms with Crippen molar-refractivity contribution in [3.63, 3.8) is 0 Å². The molecule has 14 heavy (non-hydrogen) atoms. The van der Waals surface area contributed by atoms with Gasteiger partial charge in [-0.1, -0.05) is 25.1 Å². The van der Waals surface area contributed by atoms with Gasteiger partial charge in [0.15, 0.2) is 0 Å². The molecular formula is C13H19N. The van der Waals surface area contributed by atoms with Crippen molar-refractivity contribution in [1.29, 1.82) is 0 Å². The van der Waals surface area contributed by atoms with Crippen molar-refractivity contribution in [2.24, 2.45) is 0 Å². The van der Waals surface area contributed by atoms with E-state index in [0.717, 1.165) is 0 Å². The van der Waals surface area contributed by atoms with E-state index in [-0.39, 0.29) is 5.54 Å². The van der Waals surface area contributed by atoms with Gasteiger partial charge in [0.05, 0.1) is 0 Å². The summed E-state index contributed by atoms with van der Waals surface area (Å²) in [6.45, 7) is 6.96. The molecule has 1 aromatic carbocycles. The minimum Gasteiger partial charge on any atom is -0.369 e. The second-order valence-corrected chi connectivity index (χ2v) is 5.04. The van der Waals surface area contributed by atoms with Crippen molar-refractivity contribution in [3.8, 4) is 0 Å². The lowest BCUT2D eigenvalue weighted by Crippen LogP contribution is -2.45. The molecule has 1 nitrogen and oxygen atoms in total. The van der Waals surface area contributed by atoms with Crippen molar-refractivity contribution >= 4 is 5.69 Å². The second kappa shape index (κ2) is 3.01. The average Bonchev–Trinajstić information content (AvgIpc) is 2.14. The molecule has 1 heterocycles. The van der Waals surface area contributed by atoms with E-state index in [1.165, 1.54) is 17.7 Å². The average molecular weight is 189 g/mol. The van der Waals surface area contributed by atoms with E-state index in [0.29, 0.717) is 5.92 Å². The zero-order valence-corrected chi connectivity index (χ0v) is 9.54. The van der Waals surface area contributed by atoms with Gasteiger partial charge in [0, 0.05) is 18.3 Å². The summed E-state index contributed by atoms with van der Waals surface area (Å²) in [6, 6.07) is 8.75. The van der Waals surface area contributed by atoms with Gasteiger partial charge in [0.25, 0.3) is 0 Å². The van der Waals surface area contributed by atoms with Crippen LogP contribution in [-0.4, -0.2) is 12.6 Å². The third-order valence-electron chi connectivity index (χ3n) is 3.54. The van der Waals surface area contributed by atoms with E-state index >= 15 is 0 Å². The third kappa shape index (κ3) is 1.31. The Morgan fingerprint density at radius 3 is 2.64 bits per heavy atom. The highest BCUT2D eigenvalue weighted by molar-refractivity contribution is 5.58. The Morgan fingerprint density at radius 2 is 1.93 bits per heavy atom. The monoisotopic (exact) mass is 189 g/mol. The molecule has 1 atom stereocenters. The summed E-state index contributed by atoms with van der Waals surface area (Å²) in [7, 11) is 2.20. The fourth-order valence-corrected chi connectivity index (χ4v) is 2.53. The molecule has 76 valence electrons. The molecule has 0 N–H and O–H groups in total. The van der Waals surface area contributed by atoms with Crippen LogP contribution in [0.3, 0.4) is 0 Å². The molecule has 0 radical (unpaired) electrons. The summed E-state index contributed by atoms with van der Waals surface area (Å²) in [4.78, 5) is 2.41. The maximum Gasteiger partial charge on any atom is 0.0403 e. The first kappa shape index (κ1) is 9.57. The van der Waals surface area contributed by atoms with E-state index in [4.69, 9.17) is 0 Å². The topological polar surface area (TPSA) is 3.24 Å². The number of nitrogens with zero attached hydrogens (tertiary/aromatic N) is 1. The summed E-state index contributed by atoms with van der Waals surface area (Å²) >= 11 is 0. The largest absolute Gasteiger partial charge is 0.369 e. The Morgan fingerprint density at radius 1 is 1.29 bits per heavy atom. The number of hydrogen-bond acceptors (Lipinski definition) is 1. The Labute approximate surface area is 86.7 Å². The van der Waals surface area contributed by atoms with Gasteiger partial charge < -0.3 is 4.90 Å². The molecule has 1 aromatic rings. The van der Waals surface area contributed by atoms with Crippen LogP contribution in [0.5, 0.6) is 0 Å². The predicted molar refractivity (Wildman–Crippen MR) is 62.0 cm³/mol. The standard InChI is InChI=1S/C13H19N/c1-10-9-13(2,3)14(4)12-8-6-5-7-11(10)12/h5-8,10H,9H2,1-4H3/t10-/m0/s1. The fourth-order valence-electron chi connectivity index (χ4n) is 2.53. The lowest BCUT2D eigenvalue weighted by Gasteiger charge is -2.45. The Hall–Kier alpha value is -0.980. The van der Waals surface area contributed by atoms with Gasteiger partial charge in [-0.15, -0.1) is 0 Å². The third-order valence-corrected chi connectivity index (χ3v) is 3.54. The van der Waals surface area contributed by atoms with Gasteiger partial charge in [-0.3, -0.25) is 0 Å². The lowest BCUT2D eigenvalue weighted by atomic mass is 9.80. The highest BCUT2D eigenvalue weighted by Gasteiger charge is 2.33. The Bertz CT molecular complexity index is 341. The summed E-state index contributed by atoms with van der Waals surface area (Å²) in [5.74, 6) is 0.678. The van der Waals surface area contributed by atoms with E-state index in [1.54, 1.807) is 0 Å². The number of rotatable bonds is 0. The van der Waals surface area contributed by atoms with Crippen LogP contribution in [0.25, 0.3) is 0 Å². The number of para-hydroxylation sites is 1. The van der Waals surface area contributed by atoms with E-state index in [9.17, 15) is 0 Å². The van der Waals surface area contributed by atoms with Gasteiger partial charge in [-0.25, -0.2) is 0 Å². The van der Waals surface area contributed by atoms with Crippen molar-refractivity contribution < 1.29 is 0 Å². The van der Waals surface area contributed by atoms with Gasteiger partial charge in [-0.05, 0) is 37.8 Å². The quantitative estimate of drug-likeness (QED) is 0.604. The summed E-state index contributed by atoms with van der Waals surface area (Å²) in [6.07, 6.45) is 1.24. The molecule has 1 aliphatic heterocycles. The molecule has 2 rings (SSSR count). The summed E-state index contributed by atoms with van der Waals surface area (Å²) in [5, 5.41) is 0. The maximum absolute atomic E-state index is 2.41. The van der Waals surface area contributed by atoms with Crippen molar-refractivity contribution in [1.82, 2.24) is 0 Å². The zero-order valence-electron chi connectivity index (χ0n) is 9.54. The first-order valence-electron chi connectivity index (χ1n) is 5.35. The highest BCUT2D eigenvalue weighted by Crippen LogP contribution is 2.41. The molecule has 0 unspecified atom stereocenters. The number of hydrogen-bond donors (Lipinski definition) is 0. The molecule has 0 spiro atoms. The molecule has 0 saturated carbocycles. The Balaban J connectivity index is 2.52. The number of fused-ring (bicyclic) bond motifs is 1. The van der Waals surface area contributed by atoms with Crippen LogP contribution < -0.4 is 4.90 Å². The number of anilines is 1. The molecule has 0 bridgehead atoms. The van der Waals surface area contributed by atoms with Gasteiger partial charge in [0.1, 0.15) is 0 Å². The molecule has 1 heteroatoms. The van der Waals surface area contributed by atoms with E-state index in [2.05, 4.69) is 57.0 Å². The lowest BCUT2D eigenvalue weighted by molar-refractivity contribution is 0.395. The van der Waals surface area contributed by atoms with Crippen LogP contribution in [0.15, 0.2) is 24.3 Å². The van der Waals surface area contributed by atoms with Crippen LogP contribution in [0, 0.1) is 0 Å². The first-order valence-corrected chi connectivity index (χ1v) is 5.35. The van der Waals surface area contributed by atoms with Gasteiger partial charge in [0.2, 0.25) is 0 Å². The number of benzene rings is 1. The first-order chi connectivity index (χ1) is 6.52. The van der Waals surface area contributed by atoms with Crippen molar-refractivity contribution in [2.75, 3.05) is 11.9 Å². The highest BCUT2D eigenvalue weighted by atomic mass is 15.2. The van der Waals surface area contributed by atoms with Crippen molar-refractivity contribution in [3.05, 3.63) is 29.8 Å². The van der Waals surface area contributed by atoms with E-state index < -0.39 is 0 Å². The summed E-state index contributed by atoms with van der Waals surface area (Å²) in [5.41, 5.74) is 3.18. The smallest absolute Gasteiger partial charge is 0.0403 e. The second-order valence-electron chi connectivity index (χ2n) is 5.04. The fraction of sp³-hybridized carbons (Fsp3) is 0.538. The normalized spacial score (nSPS) is 24.6. The molecule has 0 aliphatic carbocycles. The molecular weight excluding hydrogens is 170 g/mol. The van der Waals surface area contributed by atoms with Crippen LogP contribution in [-0.2, 0) is 0 Å². The van der Waals surface area contributed by atoms with Gasteiger partial charge >= 0.3 is 0 Å². The van der Waals surface area contributed by atoms with Crippen LogP contribution in [0.4, 0.5) is 5.69 Å². The maximum atomic E-state index is 2.41. The zero-order chi connectivity index (χ0) is 10.3. The Kier molecular flexibility index (Phi) is 2.06. The van der Waals surface area contributed by atoms with Crippen LogP contribution in [0.1, 0.15) is 38.7 Å². The minimum absolute atomic E-state index is 0.285. The minimum atomic E-state index is 0.285. The SMILES string of the molecule is C[C@H]1CC(C)(C)N(C)c2ccccc21. The predicted octanol–water partition coefficient (Wildman–Crippen LogP) is 3.41. The molecule has 0 amide bonds. The van der Waals surface area contributed by atoms with E-state index in [1.807, 2.05) is 0 Å². The molecule has 0 fully saturated rings. The molecule has 0 saturated heterocycles. The van der Waals surface area contributed by atoms with Crippen LogP contribution >= 0.6 is 0 Å². The molecule has 0 aromatic heterocycles. The van der Waals surface area contributed by atoms with Crippen molar-refractivity contribution in [2.45, 2.75) is 38.6 Å². The summed E-state index contributed by atoms with van der Waals surface area (Å²) < 4.78 is 0.